The van der Waals surface area contributed by atoms with E-state index in [2.05, 4.69) is 26.2 Å². The minimum atomic E-state index is -0.353. The first-order valence-corrected chi connectivity index (χ1v) is 8.02. The molecule has 6 heteroatoms. The maximum absolute atomic E-state index is 14.8. The summed E-state index contributed by atoms with van der Waals surface area (Å²) in [7, 11) is 1.85. The molecule has 0 atom stereocenters. The number of benzene rings is 2. The molecule has 0 saturated heterocycles. The van der Waals surface area contributed by atoms with Crippen molar-refractivity contribution in [3.8, 4) is 0 Å². The maximum Gasteiger partial charge on any atom is 0.174 e. The third-order valence-electron chi connectivity index (χ3n) is 3.61. The van der Waals surface area contributed by atoms with Gasteiger partial charge in [0.25, 0.3) is 0 Å². The van der Waals surface area contributed by atoms with E-state index in [0.717, 1.165) is 15.6 Å². The van der Waals surface area contributed by atoms with Gasteiger partial charge in [-0.25, -0.2) is 9.37 Å². The number of nitrogens with zero attached hydrogens (tertiary/aromatic N) is 2. The Kier molecular flexibility index (Phi) is 4.10. The van der Waals surface area contributed by atoms with Gasteiger partial charge in [-0.15, -0.1) is 0 Å². The molecule has 0 spiro atoms. The molecule has 3 rings (SSSR count). The largest absolute Gasteiger partial charge is 0.352 e. The lowest BCUT2D eigenvalue weighted by Gasteiger charge is -2.14. The minimum Gasteiger partial charge on any atom is -0.352 e. The Morgan fingerprint density at radius 1 is 1.36 bits per heavy atom. The normalized spacial score (nSPS) is 11.1. The molecule has 0 bridgehead atoms. The third-order valence-corrected chi connectivity index (χ3v) is 4.42. The zero-order valence-corrected chi connectivity index (χ0v) is 14.5. The molecule has 1 aromatic heterocycles. The summed E-state index contributed by atoms with van der Waals surface area (Å²) < 4.78 is 17.5. The van der Waals surface area contributed by atoms with Crippen LogP contribution in [0.4, 0.5) is 15.8 Å². The van der Waals surface area contributed by atoms with Gasteiger partial charge in [-0.2, -0.15) is 0 Å². The number of hydrogen-bond acceptors (Lipinski definition) is 2. The second kappa shape index (κ2) is 5.89. The van der Waals surface area contributed by atoms with Gasteiger partial charge in [-0.3, -0.25) is 0 Å². The van der Waals surface area contributed by atoms with Gasteiger partial charge in [0.05, 0.1) is 28.2 Å². The molecule has 0 unspecified atom stereocenters. The number of aromatic nitrogens is 2. The van der Waals surface area contributed by atoms with Crippen LogP contribution < -0.4 is 5.32 Å². The summed E-state index contributed by atoms with van der Waals surface area (Å²) in [5, 5.41) is 3.64. The first-order valence-electron chi connectivity index (χ1n) is 6.85. The fourth-order valence-corrected chi connectivity index (χ4v) is 3.14. The van der Waals surface area contributed by atoms with Crippen molar-refractivity contribution in [3.05, 3.63) is 51.5 Å². The van der Waals surface area contributed by atoms with Crippen LogP contribution in [-0.2, 0) is 13.5 Å². The van der Waals surface area contributed by atoms with E-state index in [4.69, 9.17) is 11.6 Å². The highest BCUT2D eigenvalue weighted by molar-refractivity contribution is 9.10. The Morgan fingerprint density at radius 3 is 2.82 bits per heavy atom. The molecule has 0 aliphatic heterocycles. The van der Waals surface area contributed by atoms with E-state index >= 15 is 0 Å². The molecule has 1 heterocycles. The van der Waals surface area contributed by atoms with Crippen LogP contribution in [0.25, 0.3) is 11.0 Å². The average molecular weight is 383 g/mol. The van der Waals surface area contributed by atoms with E-state index < -0.39 is 0 Å². The summed E-state index contributed by atoms with van der Waals surface area (Å²) in [5.74, 6) is -0.353. The Bertz CT molecular complexity index is 860. The Morgan fingerprint density at radius 2 is 2.14 bits per heavy atom. The predicted molar refractivity (Wildman–Crippen MR) is 92.5 cm³/mol. The molecular weight excluding hydrogens is 369 g/mol. The van der Waals surface area contributed by atoms with E-state index in [9.17, 15) is 4.39 Å². The highest BCUT2D eigenvalue weighted by Gasteiger charge is 2.16. The van der Waals surface area contributed by atoms with Crippen molar-refractivity contribution in [2.45, 2.75) is 13.3 Å². The third kappa shape index (κ3) is 2.59. The number of halogens is 3. The van der Waals surface area contributed by atoms with Gasteiger partial charge in [0, 0.05) is 11.5 Å². The van der Waals surface area contributed by atoms with Crippen molar-refractivity contribution in [2.24, 2.45) is 7.05 Å². The van der Waals surface area contributed by atoms with E-state index in [1.54, 1.807) is 12.4 Å². The zero-order valence-electron chi connectivity index (χ0n) is 12.1. The van der Waals surface area contributed by atoms with Crippen LogP contribution in [0.5, 0.6) is 0 Å². The maximum atomic E-state index is 14.8. The number of hydrogen-bond donors (Lipinski definition) is 1. The highest BCUT2D eigenvalue weighted by Crippen LogP contribution is 2.34. The molecule has 0 aliphatic rings. The fourth-order valence-electron chi connectivity index (χ4n) is 2.42. The molecule has 0 radical (unpaired) electrons. The molecule has 0 aliphatic carbocycles. The number of fused-ring (bicyclic) bond motifs is 1. The summed E-state index contributed by atoms with van der Waals surface area (Å²) in [6.07, 6.45) is 2.32. The number of aryl methyl sites for hydroxylation is 2. The van der Waals surface area contributed by atoms with Crippen molar-refractivity contribution in [3.63, 3.8) is 0 Å². The van der Waals surface area contributed by atoms with Crippen LogP contribution in [0.3, 0.4) is 0 Å². The highest BCUT2D eigenvalue weighted by atomic mass is 79.9. The molecule has 3 aromatic rings. The van der Waals surface area contributed by atoms with Gasteiger partial charge in [-0.1, -0.05) is 34.5 Å². The van der Waals surface area contributed by atoms with Gasteiger partial charge >= 0.3 is 0 Å². The van der Waals surface area contributed by atoms with Crippen molar-refractivity contribution in [1.29, 1.82) is 0 Å². The summed E-state index contributed by atoms with van der Waals surface area (Å²) in [6, 6.07) is 7.40. The smallest absolute Gasteiger partial charge is 0.174 e. The molecular formula is C16H14BrClFN3. The van der Waals surface area contributed by atoms with Crippen molar-refractivity contribution in [2.75, 3.05) is 5.32 Å². The van der Waals surface area contributed by atoms with Crippen LogP contribution in [-0.4, -0.2) is 9.55 Å². The number of anilines is 2. The molecule has 3 nitrogen and oxygen atoms in total. The van der Waals surface area contributed by atoms with Gasteiger partial charge in [-0.05, 0) is 36.2 Å². The number of rotatable bonds is 3. The van der Waals surface area contributed by atoms with Crippen molar-refractivity contribution >= 4 is 49.9 Å². The summed E-state index contributed by atoms with van der Waals surface area (Å²) >= 11 is 9.58. The van der Waals surface area contributed by atoms with E-state index in [-0.39, 0.29) is 5.82 Å². The van der Waals surface area contributed by atoms with Crippen LogP contribution >= 0.6 is 27.5 Å². The molecule has 0 saturated carbocycles. The van der Waals surface area contributed by atoms with Gasteiger partial charge < -0.3 is 9.88 Å². The molecule has 114 valence electrons. The molecule has 22 heavy (non-hydrogen) atoms. The molecule has 0 fully saturated rings. The van der Waals surface area contributed by atoms with Crippen molar-refractivity contribution in [1.82, 2.24) is 9.55 Å². The molecule has 1 N–H and O–H groups in total. The molecule has 0 amide bonds. The monoisotopic (exact) mass is 381 g/mol. The second-order valence-electron chi connectivity index (χ2n) is 5.05. The SMILES string of the molecule is CCc1cc2c(ncn2C)c(F)c1Nc1ccc(Br)cc1Cl. The average Bonchev–Trinajstić information content (AvgIpc) is 2.85. The van der Waals surface area contributed by atoms with E-state index in [0.29, 0.717) is 28.3 Å². The summed E-state index contributed by atoms with van der Waals surface area (Å²) in [5.41, 5.74) is 3.11. The summed E-state index contributed by atoms with van der Waals surface area (Å²) in [6.45, 7) is 1.99. The standard InChI is InChI=1S/C16H14BrClFN3/c1-3-9-6-13-16(20-8-22(13)2)14(19)15(9)21-12-5-4-10(17)7-11(12)18/h4-8,21H,3H2,1-2H3. The lowest BCUT2D eigenvalue weighted by molar-refractivity contribution is 0.639. The topological polar surface area (TPSA) is 29.9 Å². The first kappa shape index (κ1) is 15.3. The van der Waals surface area contributed by atoms with E-state index in [1.807, 2.05) is 36.7 Å². The lowest BCUT2D eigenvalue weighted by Crippen LogP contribution is -2.01. The second-order valence-corrected chi connectivity index (χ2v) is 6.37. The van der Waals surface area contributed by atoms with Crippen molar-refractivity contribution < 1.29 is 4.39 Å². The fraction of sp³-hybridized carbons (Fsp3) is 0.188. The van der Waals surface area contributed by atoms with Gasteiger partial charge in [0.15, 0.2) is 5.82 Å². The molecule has 2 aromatic carbocycles. The van der Waals surface area contributed by atoms with Crippen LogP contribution in [0.15, 0.2) is 35.1 Å². The zero-order chi connectivity index (χ0) is 15.9. The van der Waals surface area contributed by atoms with Crippen LogP contribution in [0.1, 0.15) is 12.5 Å². The Hall–Kier alpha value is -1.59. The van der Waals surface area contributed by atoms with Gasteiger partial charge in [0.2, 0.25) is 0 Å². The minimum absolute atomic E-state index is 0.353. The van der Waals surface area contributed by atoms with Crippen LogP contribution in [0, 0.1) is 5.82 Å². The predicted octanol–water partition coefficient (Wildman–Crippen LogP) is 5.43. The first-order chi connectivity index (χ1) is 10.5. The van der Waals surface area contributed by atoms with Crippen LogP contribution in [0.2, 0.25) is 5.02 Å². The quantitative estimate of drug-likeness (QED) is 0.654. The number of nitrogens with one attached hydrogen (secondary N) is 1. The summed E-state index contributed by atoms with van der Waals surface area (Å²) in [4.78, 5) is 4.14. The number of imidazole rings is 1. The Balaban J connectivity index is 2.15. The lowest BCUT2D eigenvalue weighted by atomic mass is 10.1. The van der Waals surface area contributed by atoms with E-state index in [1.165, 1.54) is 0 Å². The Labute approximate surface area is 141 Å². The van der Waals surface area contributed by atoms with Gasteiger partial charge in [0.1, 0.15) is 5.52 Å².